The summed E-state index contributed by atoms with van der Waals surface area (Å²) in [5.41, 5.74) is 0. The quantitative estimate of drug-likeness (QED) is 0.555. The molecule has 0 radical (unpaired) electrons. The summed E-state index contributed by atoms with van der Waals surface area (Å²) in [6.07, 6.45) is 2.56. The van der Waals surface area contributed by atoms with Crippen molar-refractivity contribution >= 4 is 0 Å². The molecule has 0 heterocycles. The van der Waals surface area contributed by atoms with Gasteiger partial charge in [0.1, 0.15) is 0 Å². The van der Waals surface area contributed by atoms with E-state index in [1.165, 1.54) is 12.8 Å². The van der Waals surface area contributed by atoms with Crippen molar-refractivity contribution in [3.05, 3.63) is 0 Å². The second kappa shape index (κ2) is 6.09. The zero-order valence-electron chi connectivity index (χ0n) is 6.81. The van der Waals surface area contributed by atoms with Gasteiger partial charge in [0.25, 0.3) is 0 Å². The minimum Gasteiger partial charge on any atom is -0.381 e. The molecule has 1 atom stereocenters. The molecule has 0 rings (SSSR count). The van der Waals surface area contributed by atoms with Gasteiger partial charge in [-0.3, -0.25) is 0 Å². The summed E-state index contributed by atoms with van der Waals surface area (Å²) in [6, 6.07) is 0. The molecule has 0 aliphatic rings. The van der Waals surface area contributed by atoms with Crippen LogP contribution in [0.15, 0.2) is 0 Å². The van der Waals surface area contributed by atoms with E-state index in [4.69, 9.17) is 4.74 Å². The summed E-state index contributed by atoms with van der Waals surface area (Å²) in [5, 5.41) is 0. The molecule has 56 valence electrons. The monoisotopic (exact) mass is 130 g/mol. The van der Waals surface area contributed by atoms with E-state index in [-0.39, 0.29) is 0 Å². The van der Waals surface area contributed by atoms with Crippen LogP contribution in [0.1, 0.15) is 33.6 Å². The highest BCUT2D eigenvalue weighted by Gasteiger charge is 1.97. The van der Waals surface area contributed by atoms with Crippen molar-refractivity contribution in [3.63, 3.8) is 0 Å². The van der Waals surface area contributed by atoms with Gasteiger partial charge in [0.05, 0.1) is 0 Å². The lowest BCUT2D eigenvalue weighted by atomic mass is 10.1. The van der Waals surface area contributed by atoms with Crippen LogP contribution >= 0.6 is 0 Å². The smallest absolute Gasteiger partial charge is 0.0491 e. The van der Waals surface area contributed by atoms with Gasteiger partial charge in [0, 0.05) is 13.2 Å². The van der Waals surface area contributed by atoms with Crippen LogP contribution in [-0.2, 0) is 4.74 Å². The highest BCUT2D eigenvalue weighted by molar-refractivity contribution is 4.48. The lowest BCUT2D eigenvalue weighted by Gasteiger charge is -2.08. The van der Waals surface area contributed by atoms with Crippen LogP contribution in [0.25, 0.3) is 0 Å². The average Bonchev–Trinajstić information content (AvgIpc) is 1.85. The van der Waals surface area contributed by atoms with Crippen LogP contribution in [0.5, 0.6) is 0 Å². The summed E-state index contributed by atoms with van der Waals surface area (Å²) in [4.78, 5) is 0. The van der Waals surface area contributed by atoms with E-state index >= 15 is 0 Å². The average molecular weight is 130 g/mol. The lowest BCUT2D eigenvalue weighted by Crippen LogP contribution is -2.04. The van der Waals surface area contributed by atoms with Crippen molar-refractivity contribution in [1.29, 1.82) is 0 Å². The maximum absolute atomic E-state index is 5.25. The molecular formula is C8H18O. The van der Waals surface area contributed by atoms with Gasteiger partial charge in [-0.2, -0.15) is 0 Å². The van der Waals surface area contributed by atoms with Gasteiger partial charge in [-0.25, -0.2) is 0 Å². The van der Waals surface area contributed by atoms with Crippen LogP contribution in [0, 0.1) is 5.92 Å². The van der Waals surface area contributed by atoms with E-state index in [1.807, 2.05) is 6.92 Å². The normalized spacial score (nSPS) is 13.7. The number of hydrogen-bond acceptors (Lipinski definition) is 1. The Kier molecular flexibility index (Phi) is 6.06. The Labute approximate surface area is 58.4 Å². The van der Waals surface area contributed by atoms with Gasteiger partial charge in [0.15, 0.2) is 0 Å². The third-order valence-corrected chi connectivity index (χ3v) is 1.39. The van der Waals surface area contributed by atoms with Gasteiger partial charge in [-0.1, -0.05) is 20.3 Å². The van der Waals surface area contributed by atoms with Crippen molar-refractivity contribution in [3.8, 4) is 0 Å². The number of rotatable bonds is 5. The van der Waals surface area contributed by atoms with Gasteiger partial charge < -0.3 is 4.74 Å². The number of hydrogen-bond donors (Lipinski definition) is 0. The second-order valence-corrected chi connectivity index (χ2v) is 2.55. The highest BCUT2D eigenvalue weighted by Crippen LogP contribution is 2.04. The Balaban J connectivity index is 2.95. The van der Waals surface area contributed by atoms with Crippen molar-refractivity contribution in [2.24, 2.45) is 5.92 Å². The Bertz CT molecular complexity index is 52.5. The Morgan fingerprint density at radius 2 is 2.00 bits per heavy atom. The van der Waals surface area contributed by atoms with E-state index in [0.717, 1.165) is 19.1 Å². The lowest BCUT2D eigenvalue weighted by molar-refractivity contribution is 0.113. The third-order valence-electron chi connectivity index (χ3n) is 1.39. The third kappa shape index (κ3) is 5.84. The van der Waals surface area contributed by atoms with Crippen LogP contribution in [0.3, 0.4) is 0 Å². The Morgan fingerprint density at radius 3 is 2.44 bits per heavy atom. The molecule has 0 aromatic rings. The summed E-state index contributed by atoms with van der Waals surface area (Å²) in [5.74, 6) is 0.745. The van der Waals surface area contributed by atoms with E-state index < -0.39 is 0 Å². The van der Waals surface area contributed by atoms with Gasteiger partial charge in [0.2, 0.25) is 0 Å². The van der Waals surface area contributed by atoms with Crippen molar-refractivity contribution in [1.82, 2.24) is 0 Å². The highest BCUT2D eigenvalue weighted by atomic mass is 16.5. The van der Waals surface area contributed by atoms with Crippen molar-refractivity contribution in [2.45, 2.75) is 33.6 Å². The Hall–Kier alpha value is -0.0400. The molecule has 0 N–H and O–H groups in total. The van der Waals surface area contributed by atoms with Crippen LogP contribution in [0.4, 0.5) is 0 Å². The Morgan fingerprint density at radius 1 is 1.33 bits per heavy atom. The summed E-state index contributed by atoms with van der Waals surface area (Å²) in [6.45, 7) is 8.28. The van der Waals surface area contributed by atoms with Crippen LogP contribution < -0.4 is 0 Å². The van der Waals surface area contributed by atoms with Crippen molar-refractivity contribution in [2.75, 3.05) is 13.2 Å². The predicted molar refractivity (Wildman–Crippen MR) is 40.6 cm³/mol. The SMILES string of the molecule is CCCC(C)COCC. The first-order valence-corrected chi connectivity index (χ1v) is 3.89. The fourth-order valence-corrected chi connectivity index (χ4v) is 0.895. The van der Waals surface area contributed by atoms with E-state index in [1.54, 1.807) is 0 Å². The molecule has 0 aromatic carbocycles. The maximum Gasteiger partial charge on any atom is 0.0491 e. The number of ether oxygens (including phenoxy) is 1. The minimum atomic E-state index is 0.745. The molecule has 9 heavy (non-hydrogen) atoms. The van der Waals surface area contributed by atoms with Crippen molar-refractivity contribution < 1.29 is 4.74 Å². The summed E-state index contributed by atoms with van der Waals surface area (Å²) < 4.78 is 5.25. The van der Waals surface area contributed by atoms with Gasteiger partial charge in [-0.15, -0.1) is 0 Å². The second-order valence-electron chi connectivity index (χ2n) is 2.55. The maximum atomic E-state index is 5.25. The molecule has 1 heteroatoms. The van der Waals surface area contributed by atoms with Gasteiger partial charge in [-0.05, 0) is 19.3 Å². The molecule has 0 saturated heterocycles. The first kappa shape index (κ1) is 8.96. The zero-order chi connectivity index (χ0) is 7.11. The molecule has 1 nitrogen and oxygen atoms in total. The first-order valence-electron chi connectivity index (χ1n) is 3.89. The topological polar surface area (TPSA) is 9.23 Å². The van der Waals surface area contributed by atoms with Crippen LogP contribution in [-0.4, -0.2) is 13.2 Å². The molecule has 0 aromatic heterocycles. The van der Waals surface area contributed by atoms with E-state index in [0.29, 0.717) is 0 Å². The first-order chi connectivity index (χ1) is 4.31. The fourth-order valence-electron chi connectivity index (χ4n) is 0.895. The molecule has 0 aliphatic heterocycles. The summed E-state index contributed by atoms with van der Waals surface area (Å²) >= 11 is 0. The van der Waals surface area contributed by atoms with E-state index in [9.17, 15) is 0 Å². The molecule has 0 spiro atoms. The molecule has 1 unspecified atom stereocenters. The molecule has 0 aliphatic carbocycles. The van der Waals surface area contributed by atoms with E-state index in [2.05, 4.69) is 13.8 Å². The van der Waals surface area contributed by atoms with Gasteiger partial charge >= 0.3 is 0 Å². The molecule has 0 bridgehead atoms. The molecular weight excluding hydrogens is 112 g/mol. The fraction of sp³-hybridized carbons (Fsp3) is 1.00. The summed E-state index contributed by atoms with van der Waals surface area (Å²) in [7, 11) is 0. The molecule has 0 saturated carbocycles. The molecule has 0 amide bonds. The zero-order valence-corrected chi connectivity index (χ0v) is 6.81. The largest absolute Gasteiger partial charge is 0.381 e. The molecule has 0 fully saturated rings. The minimum absolute atomic E-state index is 0.745. The van der Waals surface area contributed by atoms with Crippen LogP contribution in [0.2, 0.25) is 0 Å². The predicted octanol–water partition coefficient (Wildman–Crippen LogP) is 2.46. The standard InChI is InChI=1S/C8H18O/c1-4-6-8(3)7-9-5-2/h8H,4-7H2,1-3H3.